The lowest BCUT2D eigenvalue weighted by Gasteiger charge is -2.41. The number of amides is 1. The second kappa shape index (κ2) is 12.4. The van der Waals surface area contributed by atoms with E-state index >= 15 is 0 Å². The zero-order valence-electron chi connectivity index (χ0n) is 23.2. The van der Waals surface area contributed by atoms with Crippen LogP contribution >= 0.6 is 11.8 Å². The molecule has 38 heavy (non-hydrogen) atoms. The van der Waals surface area contributed by atoms with Gasteiger partial charge in [0.25, 0.3) is 0 Å². The number of rotatable bonds is 11. The molecule has 0 saturated carbocycles. The molecule has 1 aliphatic heterocycles. The van der Waals surface area contributed by atoms with Crippen molar-refractivity contribution in [2.24, 2.45) is 0 Å². The van der Waals surface area contributed by atoms with E-state index in [1.807, 2.05) is 0 Å². The quantitative estimate of drug-likeness (QED) is 0.202. The fourth-order valence-corrected chi connectivity index (χ4v) is 5.68. The van der Waals surface area contributed by atoms with Gasteiger partial charge in [-0.3, -0.25) is 9.59 Å². The van der Waals surface area contributed by atoms with Crippen LogP contribution in [0.2, 0.25) is 18.1 Å². The number of β-lactam (4-membered cyclic amide) rings is 1. The predicted octanol–water partition coefficient (Wildman–Crippen LogP) is 5.51. The van der Waals surface area contributed by atoms with Crippen molar-refractivity contribution < 1.29 is 33.0 Å². The van der Waals surface area contributed by atoms with Gasteiger partial charge >= 0.3 is 5.97 Å². The van der Waals surface area contributed by atoms with Gasteiger partial charge in [-0.15, -0.1) is 0 Å². The second-order valence-corrected chi connectivity index (χ2v) is 16.6. The van der Waals surface area contributed by atoms with E-state index in [-0.39, 0.29) is 28.0 Å². The maximum atomic E-state index is 12.8. The molecule has 0 bridgehead atoms. The molecule has 10 heteroatoms. The zero-order chi connectivity index (χ0) is 28.1. The van der Waals surface area contributed by atoms with E-state index in [1.165, 1.54) is 7.11 Å². The summed E-state index contributed by atoms with van der Waals surface area (Å²) in [5.74, 6) is 0.724. The summed E-state index contributed by atoms with van der Waals surface area (Å²) in [5, 5.41) is -0.264. The van der Waals surface area contributed by atoms with Crippen molar-refractivity contribution in [2.75, 3.05) is 27.4 Å². The van der Waals surface area contributed by atoms with Crippen LogP contribution in [0.3, 0.4) is 0 Å². The third-order valence-electron chi connectivity index (χ3n) is 7.07. The Morgan fingerprint density at radius 3 is 2.26 bits per heavy atom. The highest BCUT2D eigenvalue weighted by atomic mass is 32.2. The van der Waals surface area contributed by atoms with Gasteiger partial charge < -0.3 is 23.5 Å². The Morgan fingerprint density at radius 2 is 1.68 bits per heavy atom. The average molecular weight is 560 g/mol. The van der Waals surface area contributed by atoms with Gasteiger partial charge in [-0.2, -0.15) is 0 Å². The molecule has 1 atom stereocenters. The molecule has 2 aromatic carbocycles. The Balaban J connectivity index is 1.51. The average Bonchev–Trinajstić information content (AvgIpc) is 2.88. The van der Waals surface area contributed by atoms with Gasteiger partial charge in [-0.25, -0.2) is 4.79 Å². The van der Waals surface area contributed by atoms with E-state index in [4.69, 9.17) is 18.6 Å². The molecular formula is C28H37NO7SSi. The molecule has 1 amide bonds. The molecule has 0 N–H and O–H groups in total. The number of esters is 1. The molecule has 8 nitrogen and oxygen atoms in total. The number of thioether (sulfide) groups is 1. The first-order valence-corrected chi connectivity index (χ1v) is 16.3. The van der Waals surface area contributed by atoms with Crippen LogP contribution in [0.25, 0.3) is 0 Å². The summed E-state index contributed by atoms with van der Waals surface area (Å²) in [5.41, 5.74) is 1.50. The molecule has 1 saturated heterocycles. The second-order valence-electron chi connectivity index (χ2n) is 10.6. The normalized spacial score (nSPS) is 15.6. The Labute approximate surface area is 230 Å². The lowest BCUT2D eigenvalue weighted by molar-refractivity contribution is -0.141. The van der Waals surface area contributed by atoms with Gasteiger partial charge in [0.2, 0.25) is 11.0 Å². The molecular weight excluding hydrogens is 522 g/mol. The molecule has 0 radical (unpaired) electrons. The third-order valence-corrected chi connectivity index (χ3v) is 12.8. The van der Waals surface area contributed by atoms with Crippen LogP contribution in [0.15, 0.2) is 42.5 Å². The topological polar surface area (TPSA) is 91.4 Å². The fourth-order valence-electron chi connectivity index (χ4n) is 3.55. The van der Waals surface area contributed by atoms with Crippen LogP contribution < -0.4 is 9.47 Å². The molecule has 1 aliphatic rings. The summed E-state index contributed by atoms with van der Waals surface area (Å²) in [6, 6.07) is 11.6. The van der Waals surface area contributed by atoms with Crippen LogP contribution in [0.4, 0.5) is 0 Å². The van der Waals surface area contributed by atoms with Crippen LogP contribution in [-0.2, 0) is 20.6 Å². The number of ether oxygens (including phenoxy) is 3. The van der Waals surface area contributed by atoms with Gasteiger partial charge in [0.1, 0.15) is 18.1 Å². The number of nitrogens with zero attached hydrogens (tertiary/aromatic N) is 1. The molecule has 0 spiro atoms. The fraction of sp³-hybridized carbons (Fsp3) is 0.464. The molecule has 0 aliphatic carbocycles. The largest absolute Gasteiger partial charge is 0.497 e. The van der Waals surface area contributed by atoms with Gasteiger partial charge in [0.15, 0.2) is 8.32 Å². The number of likely N-dealkylation sites (tertiary alicyclic amines) is 1. The highest BCUT2D eigenvalue weighted by Crippen LogP contribution is 2.37. The predicted molar refractivity (Wildman–Crippen MR) is 150 cm³/mol. The Morgan fingerprint density at radius 1 is 1.03 bits per heavy atom. The minimum Gasteiger partial charge on any atom is -0.497 e. The van der Waals surface area contributed by atoms with Crippen molar-refractivity contribution in [1.29, 1.82) is 0 Å². The first-order valence-electron chi connectivity index (χ1n) is 12.5. The van der Waals surface area contributed by atoms with E-state index in [0.29, 0.717) is 47.8 Å². The van der Waals surface area contributed by atoms with E-state index in [9.17, 15) is 14.4 Å². The molecule has 3 rings (SSSR count). The number of benzene rings is 2. The van der Waals surface area contributed by atoms with Crippen molar-refractivity contribution in [3.05, 3.63) is 59.2 Å². The van der Waals surface area contributed by atoms with Gasteiger partial charge in [-0.1, -0.05) is 32.5 Å². The summed E-state index contributed by atoms with van der Waals surface area (Å²) in [4.78, 5) is 39.2. The Hall–Kier alpha value is -2.82. The highest BCUT2D eigenvalue weighted by Gasteiger charge is 2.40. The van der Waals surface area contributed by atoms with E-state index in [0.717, 1.165) is 11.8 Å². The first-order chi connectivity index (χ1) is 17.9. The SMILES string of the molecule is COc1ccc(COC(=O)c2ccc(C(=O)S[C@@H]3CC(=O)N3CCO[Si](C)(C)C(C)(C)C)cc2)c(OC)c1. The minimum absolute atomic E-state index is 0.0284. The lowest BCUT2D eigenvalue weighted by Crippen LogP contribution is -2.53. The molecule has 0 unspecified atom stereocenters. The third kappa shape index (κ3) is 7.18. The summed E-state index contributed by atoms with van der Waals surface area (Å²) in [6.45, 7) is 11.9. The monoisotopic (exact) mass is 559 g/mol. The Kier molecular flexibility index (Phi) is 9.67. The maximum Gasteiger partial charge on any atom is 0.338 e. The Bertz CT molecular complexity index is 1160. The minimum atomic E-state index is -1.90. The van der Waals surface area contributed by atoms with Crippen LogP contribution in [0.5, 0.6) is 11.5 Å². The van der Waals surface area contributed by atoms with Crippen LogP contribution in [0.1, 0.15) is 53.5 Å². The number of hydrogen-bond acceptors (Lipinski definition) is 8. The summed E-state index contributed by atoms with van der Waals surface area (Å²) in [6.07, 6.45) is 0.329. The van der Waals surface area contributed by atoms with Crippen molar-refractivity contribution in [1.82, 2.24) is 4.90 Å². The highest BCUT2D eigenvalue weighted by molar-refractivity contribution is 8.14. The van der Waals surface area contributed by atoms with Crippen molar-refractivity contribution >= 4 is 37.1 Å². The first kappa shape index (κ1) is 29.7. The van der Waals surface area contributed by atoms with Crippen LogP contribution in [-0.4, -0.2) is 63.0 Å². The van der Waals surface area contributed by atoms with Gasteiger partial charge in [0, 0.05) is 23.7 Å². The van der Waals surface area contributed by atoms with E-state index < -0.39 is 14.3 Å². The van der Waals surface area contributed by atoms with Gasteiger partial charge in [-0.05, 0) is 54.5 Å². The summed E-state index contributed by atoms with van der Waals surface area (Å²) >= 11 is 1.13. The van der Waals surface area contributed by atoms with E-state index in [2.05, 4.69) is 33.9 Å². The molecule has 206 valence electrons. The maximum absolute atomic E-state index is 12.8. The zero-order valence-corrected chi connectivity index (χ0v) is 25.0. The lowest BCUT2D eigenvalue weighted by atomic mass is 10.1. The number of hydrogen-bond donors (Lipinski definition) is 0. The van der Waals surface area contributed by atoms with Crippen LogP contribution in [0, 0.1) is 0 Å². The standard InChI is InChI=1S/C28H37NO7SSi/c1-28(2,3)38(6,7)36-15-14-29-24(30)17-25(29)37-27(32)20-10-8-19(9-11-20)26(31)35-18-21-12-13-22(33-4)16-23(21)34-5/h8-13,16,25H,14-15,17-18H2,1-7H3/t25-/m1/s1. The number of carbonyl (C=O) groups is 3. The van der Waals surface area contributed by atoms with E-state index in [1.54, 1.807) is 54.5 Å². The van der Waals surface area contributed by atoms with Crippen molar-refractivity contribution in [2.45, 2.75) is 57.3 Å². The molecule has 1 fully saturated rings. The molecule has 1 heterocycles. The van der Waals surface area contributed by atoms with Gasteiger partial charge in [0.05, 0.1) is 38.2 Å². The van der Waals surface area contributed by atoms with Crippen molar-refractivity contribution in [3.63, 3.8) is 0 Å². The molecule has 2 aromatic rings. The smallest absolute Gasteiger partial charge is 0.338 e. The number of methoxy groups -OCH3 is 2. The number of carbonyl (C=O) groups excluding carboxylic acids is 3. The molecule has 0 aromatic heterocycles. The summed E-state index contributed by atoms with van der Waals surface area (Å²) in [7, 11) is 1.20. The van der Waals surface area contributed by atoms with Crippen molar-refractivity contribution in [3.8, 4) is 11.5 Å². The summed E-state index contributed by atoms with van der Waals surface area (Å²) < 4.78 is 22.1.